The number of carbonyl (C=O) groups is 1. The summed E-state index contributed by atoms with van der Waals surface area (Å²) in [6.45, 7) is 3.74. The summed E-state index contributed by atoms with van der Waals surface area (Å²) in [6, 6.07) is -0.795. The summed E-state index contributed by atoms with van der Waals surface area (Å²) >= 11 is 0. The quantitative estimate of drug-likeness (QED) is 0.0357. The number of unbranched alkanes of at least 4 members (excludes halogenated alkanes) is 21. The highest BCUT2D eigenvalue weighted by Gasteiger charge is 2.44. The van der Waals surface area contributed by atoms with Crippen molar-refractivity contribution < 1.29 is 39.8 Å². The van der Waals surface area contributed by atoms with Crippen LogP contribution >= 0.6 is 0 Å². The number of aliphatic hydroxyl groups excluding tert-OH is 5. The summed E-state index contributed by atoms with van der Waals surface area (Å²) < 4.78 is 11.1. The van der Waals surface area contributed by atoms with Crippen molar-refractivity contribution in [2.75, 3.05) is 13.2 Å². The molecule has 0 aliphatic carbocycles. The van der Waals surface area contributed by atoms with Gasteiger partial charge in [0.25, 0.3) is 0 Å². The molecule has 1 aliphatic rings. The van der Waals surface area contributed by atoms with Gasteiger partial charge < -0.3 is 40.3 Å². The summed E-state index contributed by atoms with van der Waals surface area (Å²) in [4.78, 5) is 12.8. The fraction of sp³-hybridized carbons (Fsp3) is 0.921. The molecule has 1 saturated heterocycles. The molecule has 0 spiro atoms. The van der Waals surface area contributed by atoms with Gasteiger partial charge in [0.05, 0.1) is 25.4 Å². The Kier molecular flexibility index (Phi) is 27.9. The molecule has 0 aromatic heterocycles. The second-order valence-electron chi connectivity index (χ2n) is 13.7. The van der Waals surface area contributed by atoms with E-state index < -0.39 is 49.5 Å². The maximum Gasteiger partial charge on any atom is 0.220 e. The minimum absolute atomic E-state index is 0.179. The third-order valence-corrected chi connectivity index (χ3v) is 9.36. The first-order chi connectivity index (χ1) is 22.8. The van der Waals surface area contributed by atoms with Crippen LogP contribution in [0.1, 0.15) is 168 Å². The molecule has 1 aliphatic heterocycles. The fourth-order valence-electron chi connectivity index (χ4n) is 6.15. The van der Waals surface area contributed by atoms with Crippen molar-refractivity contribution in [2.24, 2.45) is 0 Å². The average Bonchev–Trinajstić information content (AvgIpc) is 3.07. The van der Waals surface area contributed by atoms with E-state index >= 15 is 0 Å². The first kappa shape index (κ1) is 44.0. The number of aliphatic hydroxyl groups is 5. The van der Waals surface area contributed by atoms with Crippen LogP contribution in [0.2, 0.25) is 0 Å². The lowest BCUT2D eigenvalue weighted by molar-refractivity contribution is -0.302. The zero-order valence-electron chi connectivity index (χ0n) is 30.0. The van der Waals surface area contributed by atoms with E-state index in [4.69, 9.17) is 9.47 Å². The third-order valence-electron chi connectivity index (χ3n) is 9.36. The fourth-order valence-corrected chi connectivity index (χ4v) is 6.15. The molecule has 0 aromatic rings. The lowest BCUT2D eigenvalue weighted by Gasteiger charge is -2.40. The predicted octanol–water partition coefficient (Wildman–Crippen LogP) is 6.61. The number of ether oxygens (including phenoxy) is 2. The van der Waals surface area contributed by atoms with Crippen LogP contribution in [0.25, 0.3) is 0 Å². The molecule has 1 heterocycles. The normalized spacial score (nSPS) is 22.9. The van der Waals surface area contributed by atoms with E-state index in [1.165, 1.54) is 109 Å². The van der Waals surface area contributed by atoms with Crippen LogP contribution in [0.15, 0.2) is 12.2 Å². The maximum atomic E-state index is 12.8. The Bertz CT molecular complexity index is 751. The monoisotopic (exact) mass is 672 g/mol. The van der Waals surface area contributed by atoms with E-state index in [2.05, 4.69) is 19.2 Å². The van der Waals surface area contributed by atoms with E-state index in [-0.39, 0.29) is 12.5 Å². The summed E-state index contributed by atoms with van der Waals surface area (Å²) in [5.74, 6) is -0.179. The zero-order valence-corrected chi connectivity index (χ0v) is 30.0. The van der Waals surface area contributed by atoms with Gasteiger partial charge in [-0.2, -0.15) is 0 Å². The second kappa shape index (κ2) is 29.8. The molecule has 7 atom stereocenters. The van der Waals surface area contributed by atoms with Gasteiger partial charge in [0.2, 0.25) is 5.91 Å². The van der Waals surface area contributed by atoms with Gasteiger partial charge in [0.1, 0.15) is 24.4 Å². The van der Waals surface area contributed by atoms with Crippen LogP contribution in [-0.2, 0) is 14.3 Å². The van der Waals surface area contributed by atoms with Crippen LogP contribution in [0.4, 0.5) is 0 Å². The molecule has 0 radical (unpaired) electrons. The van der Waals surface area contributed by atoms with Crippen LogP contribution < -0.4 is 5.32 Å². The molecule has 278 valence electrons. The van der Waals surface area contributed by atoms with Gasteiger partial charge in [0.15, 0.2) is 6.29 Å². The summed E-state index contributed by atoms with van der Waals surface area (Å²) in [5, 5.41) is 53.8. The number of hydrogen-bond donors (Lipinski definition) is 6. The van der Waals surface area contributed by atoms with Crippen molar-refractivity contribution in [3.05, 3.63) is 12.2 Å². The van der Waals surface area contributed by atoms with Crippen molar-refractivity contribution in [3.8, 4) is 0 Å². The van der Waals surface area contributed by atoms with Gasteiger partial charge in [-0.3, -0.25) is 4.79 Å². The highest BCUT2D eigenvalue weighted by atomic mass is 16.7. The number of amides is 1. The Morgan fingerprint density at radius 1 is 0.702 bits per heavy atom. The Hall–Kier alpha value is -1.07. The van der Waals surface area contributed by atoms with Gasteiger partial charge in [-0.15, -0.1) is 0 Å². The molecule has 0 bridgehead atoms. The Morgan fingerprint density at radius 2 is 1.17 bits per heavy atom. The molecule has 47 heavy (non-hydrogen) atoms. The van der Waals surface area contributed by atoms with Crippen LogP contribution in [-0.4, -0.2) is 87.5 Å². The minimum Gasteiger partial charge on any atom is -0.394 e. The molecule has 9 heteroatoms. The van der Waals surface area contributed by atoms with Crippen molar-refractivity contribution in [2.45, 2.75) is 211 Å². The molecule has 1 amide bonds. The number of carbonyl (C=O) groups excluding carboxylic acids is 1. The Morgan fingerprint density at radius 3 is 1.66 bits per heavy atom. The van der Waals surface area contributed by atoms with Crippen LogP contribution in [0, 0.1) is 0 Å². The summed E-state index contributed by atoms with van der Waals surface area (Å²) in [6.07, 6.45) is 23.9. The van der Waals surface area contributed by atoms with Crippen molar-refractivity contribution >= 4 is 5.91 Å². The molecule has 0 aromatic carbocycles. The van der Waals surface area contributed by atoms with Crippen LogP contribution in [0.5, 0.6) is 0 Å². The first-order valence-corrected chi connectivity index (χ1v) is 19.4. The zero-order chi connectivity index (χ0) is 34.5. The van der Waals surface area contributed by atoms with Gasteiger partial charge in [0, 0.05) is 6.42 Å². The molecule has 6 N–H and O–H groups in total. The van der Waals surface area contributed by atoms with E-state index in [1.54, 1.807) is 6.08 Å². The van der Waals surface area contributed by atoms with Crippen molar-refractivity contribution in [1.29, 1.82) is 0 Å². The molecule has 3 unspecified atom stereocenters. The minimum atomic E-state index is -1.56. The number of hydrogen-bond acceptors (Lipinski definition) is 8. The van der Waals surface area contributed by atoms with Gasteiger partial charge in [-0.1, -0.05) is 154 Å². The number of rotatable bonds is 31. The summed E-state index contributed by atoms with van der Waals surface area (Å²) in [5.41, 5.74) is 0. The van der Waals surface area contributed by atoms with Gasteiger partial charge in [-0.25, -0.2) is 0 Å². The lowest BCUT2D eigenvalue weighted by Crippen LogP contribution is -2.60. The molecular formula is C38H73NO8. The van der Waals surface area contributed by atoms with Gasteiger partial charge in [-0.05, 0) is 19.3 Å². The largest absolute Gasteiger partial charge is 0.394 e. The number of nitrogens with one attached hydrogen (secondary N) is 1. The lowest BCUT2D eigenvalue weighted by atomic mass is 9.99. The highest BCUT2D eigenvalue weighted by Crippen LogP contribution is 2.22. The van der Waals surface area contributed by atoms with Crippen LogP contribution in [0.3, 0.4) is 0 Å². The van der Waals surface area contributed by atoms with E-state index in [0.29, 0.717) is 6.42 Å². The smallest absolute Gasteiger partial charge is 0.220 e. The molecule has 1 fully saturated rings. The highest BCUT2D eigenvalue weighted by molar-refractivity contribution is 5.76. The van der Waals surface area contributed by atoms with Crippen molar-refractivity contribution in [1.82, 2.24) is 5.32 Å². The van der Waals surface area contributed by atoms with E-state index in [0.717, 1.165) is 38.5 Å². The standard InChI is InChI=1S/C38H73NO8/c1-3-5-7-9-11-13-15-16-18-19-21-23-25-27-32(41)31(30-46-38-37(45)36(44)35(43)33(29-40)47-38)39-34(42)28-26-24-22-20-17-14-12-10-8-6-4-2/h25,27,31-33,35-38,40-41,43-45H,3-24,26,28-30H2,1-2H3,(H,39,42)/b27-25+/t31-,32+,33?,35+,36?,37?,38+/m0/s1. The van der Waals surface area contributed by atoms with E-state index in [1.807, 2.05) is 6.08 Å². The molecule has 1 rings (SSSR count). The predicted molar refractivity (Wildman–Crippen MR) is 189 cm³/mol. The summed E-state index contributed by atoms with van der Waals surface area (Å²) in [7, 11) is 0. The maximum absolute atomic E-state index is 12.8. The molecule has 0 saturated carbocycles. The molecular weight excluding hydrogens is 598 g/mol. The average molecular weight is 672 g/mol. The Labute approximate surface area is 286 Å². The first-order valence-electron chi connectivity index (χ1n) is 19.4. The third kappa shape index (κ3) is 21.6. The van der Waals surface area contributed by atoms with Crippen molar-refractivity contribution in [3.63, 3.8) is 0 Å². The topological polar surface area (TPSA) is 149 Å². The number of allylic oxidation sites excluding steroid dienone is 1. The molecule has 9 nitrogen and oxygen atoms in total. The second-order valence-corrected chi connectivity index (χ2v) is 13.7. The Balaban J connectivity index is 2.46. The van der Waals surface area contributed by atoms with Gasteiger partial charge >= 0.3 is 0 Å². The SMILES string of the molecule is CCCCCCCCCCCCC/C=C/[C@@H](O)[C@H](CO[C@@H]1OC(CO)[C@@H](O)C(O)C1O)NC(=O)CCCCCCCCCCCCC. The van der Waals surface area contributed by atoms with E-state index in [9.17, 15) is 30.3 Å².